The fourth-order valence-electron chi connectivity index (χ4n) is 2.15. The molecule has 2 N–H and O–H groups in total. The fourth-order valence-corrected chi connectivity index (χ4v) is 2.15. The number of H-pyrrole nitrogens is 1. The minimum Gasteiger partial charge on any atom is -0.478 e. The number of aromatic amines is 1. The van der Waals surface area contributed by atoms with E-state index >= 15 is 0 Å². The largest absolute Gasteiger partial charge is 0.478 e. The van der Waals surface area contributed by atoms with E-state index in [4.69, 9.17) is 9.52 Å². The van der Waals surface area contributed by atoms with Gasteiger partial charge in [0.1, 0.15) is 0 Å². The van der Waals surface area contributed by atoms with Crippen molar-refractivity contribution in [2.24, 2.45) is 0 Å². The second-order valence-electron chi connectivity index (χ2n) is 4.53. The fraction of sp³-hybridized carbons (Fsp3) is 0.0667. The maximum atomic E-state index is 11.1. The van der Waals surface area contributed by atoms with Crippen LogP contribution in [0.1, 0.15) is 21.5 Å². The second kappa shape index (κ2) is 4.70. The molecule has 0 saturated carbocycles. The Morgan fingerprint density at radius 2 is 1.95 bits per heavy atom. The zero-order chi connectivity index (χ0) is 14.1. The van der Waals surface area contributed by atoms with Crippen molar-refractivity contribution in [1.82, 2.24) is 4.98 Å². The topological polar surface area (TPSA) is 83.3 Å². The molecule has 0 atom stereocenters. The molecular weight excluding hydrogens is 258 g/mol. The summed E-state index contributed by atoms with van der Waals surface area (Å²) in [5, 5.41) is 8.97. The summed E-state index contributed by atoms with van der Waals surface area (Å²) in [5.74, 6) is -1.43. The van der Waals surface area contributed by atoms with Crippen molar-refractivity contribution in [2.75, 3.05) is 0 Å². The monoisotopic (exact) mass is 269 g/mol. The molecule has 0 fully saturated rings. The Kier molecular flexibility index (Phi) is 2.87. The van der Waals surface area contributed by atoms with E-state index in [2.05, 4.69) is 4.98 Å². The summed E-state index contributed by atoms with van der Waals surface area (Å²) in [6.07, 6.45) is 0.575. The van der Waals surface area contributed by atoms with Crippen LogP contribution in [0.25, 0.3) is 11.1 Å². The number of fused-ring (bicyclic) bond motifs is 1. The molecule has 0 unspecified atom stereocenters. The Balaban J connectivity index is 1.94. The smallest absolute Gasteiger partial charge is 0.417 e. The van der Waals surface area contributed by atoms with Gasteiger partial charge >= 0.3 is 11.7 Å². The van der Waals surface area contributed by atoms with E-state index in [0.29, 0.717) is 17.5 Å². The molecule has 0 amide bonds. The lowest BCUT2D eigenvalue weighted by Gasteiger charge is -2.03. The molecule has 2 aromatic carbocycles. The lowest BCUT2D eigenvalue weighted by molar-refractivity contribution is 0.0697. The average Bonchev–Trinajstić information content (AvgIpc) is 2.78. The molecule has 20 heavy (non-hydrogen) atoms. The van der Waals surface area contributed by atoms with Crippen LogP contribution >= 0.6 is 0 Å². The minimum absolute atomic E-state index is 0.261. The van der Waals surface area contributed by atoms with Gasteiger partial charge in [-0.2, -0.15) is 0 Å². The van der Waals surface area contributed by atoms with Gasteiger partial charge in [0, 0.05) is 0 Å². The molecule has 1 heterocycles. The van der Waals surface area contributed by atoms with Crippen molar-refractivity contribution in [1.29, 1.82) is 0 Å². The Bertz CT molecular complexity index is 844. The number of carboxylic acid groups (broad SMARTS) is 1. The Hall–Kier alpha value is -2.82. The second-order valence-corrected chi connectivity index (χ2v) is 4.53. The highest BCUT2D eigenvalue weighted by atomic mass is 16.4. The van der Waals surface area contributed by atoms with Crippen LogP contribution in [0.15, 0.2) is 51.7 Å². The van der Waals surface area contributed by atoms with E-state index < -0.39 is 11.7 Å². The summed E-state index contributed by atoms with van der Waals surface area (Å²) in [4.78, 5) is 24.6. The van der Waals surface area contributed by atoms with E-state index in [0.717, 1.165) is 11.1 Å². The van der Waals surface area contributed by atoms with Crippen molar-refractivity contribution < 1.29 is 14.3 Å². The van der Waals surface area contributed by atoms with Gasteiger partial charge in [0.25, 0.3) is 0 Å². The molecule has 0 saturated heterocycles. The van der Waals surface area contributed by atoms with E-state index in [1.807, 2.05) is 12.1 Å². The van der Waals surface area contributed by atoms with Crippen molar-refractivity contribution in [2.45, 2.75) is 6.42 Å². The third kappa shape index (κ3) is 2.33. The number of oxazole rings is 1. The van der Waals surface area contributed by atoms with Gasteiger partial charge in [0.15, 0.2) is 5.58 Å². The number of carboxylic acids is 1. The highest BCUT2D eigenvalue weighted by Crippen LogP contribution is 2.16. The molecule has 100 valence electrons. The summed E-state index contributed by atoms with van der Waals surface area (Å²) < 4.78 is 5.00. The molecule has 3 aromatic rings. The van der Waals surface area contributed by atoms with Gasteiger partial charge in [-0.25, -0.2) is 9.59 Å². The number of aromatic carboxylic acids is 1. The lowest BCUT2D eigenvalue weighted by atomic mass is 10.0. The molecule has 0 aliphatic heterocycles. The first kappa shape index (κ1) is 12.2. The van der Waals surface area contributed by atoms with E-state index in [1.165, 1.54) is 0 Å². The van der Waals surface area contributed by atoms with Crippen LogP contribution in [0.3, 0.4) is 0 Å². The van der Waals surface area contributed by atoms with Gasteiger partial charge in [-0.05, 0) is 41.8 Å². The predicted octanol–water partition coefficient (Wildman–Crippen LogP) is 2.41. The molecule has 0 bridgehead atoms. The summed E-state index contributed by atoms with van der Waals surface area (Å²) in [7, 11) is 0. The van der Waals surface area contributed by atoms with Crippen LogP contribution < -0.4 is 5.76 Å². The lowest BCUT2D eigenvalue weighted by Crippen LogP contribution is -1.97. The highest BCUT2D eigenvalue weighted by Gasteiger charge is 2.06. The van der Waals surface area contributed by atoms with E-state index in [1.54, 1.807) is 30.3 Å². The van der Waals surface area contributed by atoms with Crippen molar-refractivity contribution >= 4 is 17.1 Å². The molecular formula is C15H11NO4. The maximum absolute atomic E-state index is 11.1. The Morgan fingerprint density at radius 1 is 1.15 bits per heavy atom. The van der Waals surface area contributed by atoms with Crippen LogP contribution in [-0.2, 0) is 6.42 Å². The average molecular weight is 269 g/mol. The number of carbonyl (C=O) groups is 1. The van der Waals surface area contributed by atoms with Crippen molar-refractivity contribution in [3.63, 3.8) is 0 Å². The molecule has 0 aliphatic rings. The van der Waals surface area contributed by atoms with Crippen molar-refractivity contribution in [3.8, 4) is 0 Å². The third-order valence-electron chi connectivity index (χ3n) is 3.07. The number of hydrogen-bond acceptors (Lipinski definition) is 3. The standard InChI is InChI=1S/C15H11NO4/c17-14(18)11-3-1-2-9(7-11)6-10-4-5-12-13(8-10)20-15(19)16-12/h1-5,7-8H,6H2,(H,16,19)(H,17,18). The summed E-state index contributed by atoms with van der Waals surface area (Å²) in [6.45, 7) is 0. The predicted molar refractivity (Wildman–Crippen MR) is 73.0 cm³/mol. The molecule has 5 heteroatoms. The molecule has 3 rings (SSSR count). The number of nitrogens with one attached hydrogen (secondary N) is 1. The van der Waals surface area contributed by atoms with Crippen LogP contribution in [0, 0.1) is 0 Å². The number of benzene rings is 2. The summed E-state index contributed by atoms with van der Waals surface area (Å²) in [5.41, 5.74) is 3.25. The van der Waals surface area contributed by atoms with E-state index in [-0.39, 0.29) is 5.56 Å². The van der Waals surface area contributed by atoms with Gasteiger partial charge in [0.05, 0.1) is 11.1 Å². The van der Waals surface area contributed by atoms with Crippen LogP contribution in [0.4, 0.5) is 0 Å². The quantitative estimate of drug-likeness (QED) is 0.764. The Morgan fingerprint density at radius 3 is 2.75 bits per heavy atom. The highest BCUT2D eigenvalue weighted by molar-refractivity contribution is 5.87. The maximum Gasteiger partial charge on any atom is 0.417 e. The number of rotatable bonds is 3. The molecule has 0 spiro atoms. The number of aromatic nitrogens is 1. The van der Waals surface area contributed by atoms with E-state index in [9.17, 15) is 9.59 Å². The molecule has 5 nitrogen and oxygen atoms in total. The normalized spacial score (nSPS) is 10.8. The van der Waals surface area contributed by atoms with Crippen LogP contribution in [0.2, 0.25) is 0 Å². The first-order valence-corrected chi connectivity index (χ1v) is 6.06. The van der Waals surface area contributed by atoms with Crippen molar-refractivity contribution in [3.05, 3.63) is 69.7 Å². The zero-order valence-corrected chi connectivity index (χ0v) is 10.4. The van der Waals surface area contributed by atoms with Gasteiger partial charge in [-0.3, -0.25) is 4.98 Å². The number of hydrogen-bond donors (Lipinski definition) is 2. The summed E-state index contributed by atoms with van der Waals surface area (Å²) in [6, 6.07) is 12.2. The van der Waals surface area contributed by atoms with Gasteiger partial charge in [-0.1, -0.05) is 18.2 Å². The molecule has 0 radical (unpaired) electrons. The molecule has 1 aromatic heterocycles. The van der Waals surface area contributed by atoms with Gasteiger partial charge in [0.2, 0.25) is 0 Å². The van der Waals surface area contributed by atoms with Crippen LogP contribution in [-0.4, -0.2) is 16.1 Å². The minimum atomic E-state index is -0.945. The molecule has 0 aliphatic carbocycles. The first-order chi connectivity index (χ1) is 9.61. The van der Waals surface area contributed by atoms with Crippen LogP contribution in [0.5, 0.6) is 0 Å². The van der Waals surface area contributed by atoms with Gasteiger partial charge in [-0.15, -0.1) is 0 Å². The SMILES string of the molecule is O=C(O)c1cccc(Cc2ccc3[nH]c(=O)oc3c2)c1. The Labute approximate surface area is 113 Å². The summed E-state index contributed by atoms with van der Waals surface area (Å²) >= 11 is 0. The zero-order valence-electron chi connectivity index (χ0n) is 10.4. The van der Waals surface area contributed by atoms with Gasteiger partial charge < -0.3 is 9.52 Å². The first-order valence-electron chi connectivity index (χ1n) is 6.06. The third-order valence-corrected chi connectivity index (χ3v) is 3.07.